The topological polar surface area (TPSA) is 73.4 Å². The number of hydrogen-bond acceptors (Lipinski definition) is 4. The molecule has 1 amide bonds. The number of carbonyl (C=O) groups excluding carboxylic acids is 1. The van der Waals surface area contributed by atoms with Gasteiger partial charge in [-0.25, -0.2) is 4.98 Å². The van der Waals surface area contributed by atoms with Crippen LogP contribution in [0.1, 0.15) is 19.0 Å². The molecular weight excluding hydrogens is 244 g/mol. The molecule has 1 aromatic heterocycles. The number of methoxy groups -OCH3 is 1. The van der Waals surface area contributed by atoms with Gasteiger partial charge in [-0.2, -0.15) is 0 Å². The minimum absolute atomic E-state index is 0.0884. The van der Waals surface area contributed by atoms with Crippen molar-refractivity contribution in [2.45, 2.75) is 32.5 Å². The number of carbonyl (C=O) groups is 1. The van der Waals surface area contributed by atoms with Crippen LogP contribution in [0.4, 0.5) is 0 Å². The Morgan fingerprint density at radius 3 is 3.00 bits per heavy atom. The lowest BCUT2D eigenvalue weighted by atomic mass is 10.0. The van der Waals surface area contributed by atoms with Crippen LogP contribution in [0.2, 0.25) is 0 Å². The van der Waals surface area contributed by atoms with Crippen LogP contribution in [0.15, 0.2) is 12.5 Å². The van der Waals surface area contributed by atoms with E-state index in [1.807, 2.05) is 12.5 Å². The largest absolute Gasteiger partial charge is 0.380 e. The number of aromatic nitrogens is 2. The number of aryl methyl sites for hydroxylation is 1. The van der Waals surface area contributed by atoms with Gasteiger partial charge in [0.2, 0.25) is 5.91 Å². The van der Waals surface area contributed by atoms with E-state index in [0.29, 0.717) is 6.42 Å². The molecule has 106 valence electrons. The van der Waals surface area contributed by atoms with E-state index in [-0.39, 0.29) is 17.9 Å². The van der Waals surface area contributed by atoms with Crippen LogP contribution in [0, 0.1) is 5.92 Å². The molecule has 0 saturated carbocycles. The molecule has 1 fully saturated rings. The Morgan fingerprint density at radius 1 is 1.58 bits per heavy atom. The normalized spacial score (nSPS) is 23.9. The summed E-state index contributed by atoms with van der Waals surface area (Å²) in [5.41, 5.74) is 6.48. The van der Waals surface area contributed by atoms with Gasteiger partial charge in [0.05, 0.1) is 18.1 Å². The second-order valence-electron chi connectivity index (χ2n) is 5.07. The molecule has 0 radical (unpaired) electrons. The summed E-state index contributed by atoms with van der Waals surface area (Å²) in [4.78, 5) is 17.5. The zero-order valence-electron chi connectivity index (χ0n) is 11.6. The lowest BCUT2D eigenvalue weighted by molar-refractivity contribution is -0.119. The highest BCUT2D eigenvalue weighted by Crippen LogP contribution is 2.24. The number of imidazole rings is 1. The fourth-order valence-corrected chi connectivity index (χ4v) is 2.77. The van der Waals surface area contributed by atoms with E-state index < -0.39 is 0 Å². The number of nitrogens with two attached hydrogens (primary N) is 1. The summed E-state index contributed by atoms with van der Waals surface area (Å²) in [5.74, 6) is -0.0620. The molecule has 0 aromatic carbocycles. The van der Waals surface area contributed by atoms with E-state index in [9.17, 15) is 4.79 Å². The van der Waals surface area contributed by atoms with Crippen LogP contribution in [0.5, 0.6) is 0 Å². The molecule has 2 N–H and O–H groups in total. The van der Waals surface area contributed by atoms with Crippen molar-refractivity contribution in [3.63, 3.8) is 0 Å². The third kappa shape index (κ3) is 3.33. The Bertz CT molecular complexity index is 432. The van der Waals surface area contributed by atoms with Crippen LogP contribution in [-0.4, -0.2) is 46.7 Å². The third-order valence-electron chi connectivity index (χ3n) is 3.75. The van der Waals surface area contributed by atoms with Gasteiger partial charge < -0.3 is 15.0 Å². The molecule has 6 heteroatoms. The van der Waals surface area contributed by atoms with Crippen molar-refractivity contribution in [2.75, 3.05) is 20.2 Å². The lowest BCUT2D eigenvalue weighted by Crippen LogP contribution is -2.26. The Balaban J connectivity index is 1.97. The van der Waals surface area contributed by atoms with Gasteiger partial charge in [-0.05, 0) is 6.92 Å². The number of amides is 1. The molecule has 1 aromatic rings. The number of ether oxygens (including phenoxy) is 1. The Kier molecular flexibility index (Phi) is 4.55. The van der Waals surface area contributed by atoms with Gasteiger partial charge in [-0.1, -0.05) is 0 Å². The van der Waals surface area contributed by atoms with Gasteiger partial charge in [0.1, 0.15) is 0 Å². The SMILES string of the molecule is CCn1cncc1CN1C[C@@H](CC(N)=O)[C@@H](OC)C1. The molecule has 0 aliphatic carbocycles. The maximum Gasteiger partial charge on any atom is 0.217 e. The first-order chi connectivity index (χ1) is 9.13. The predicted octanol–water partition coefficient (Wildman–Crippen LogP) is 0.225. The lowest BCUT2D eigenvalue weighted by Gasteiger charge is -2.16. The first-order valence-electron chi connectivity index (χ1n) is 6.66. The average Bonchev–Trinajstić information content (AvgIpc) is 2.95. The van der Waals surface area contributed by atoms with E-state index in [2.05, 4.69) is 21.4 Å². The molecular formula is C13H22N4O2. The van der Waals surface area contributed by atoms with E-state index >= 15 is 0 Å². The monoisotopic (exact) mass is 266 g/mol. The Hall–Kier alpha value is -1.40. The van der Waals surface area contributed by atoms with Crippen LogP contribution in [-0.2, 0) is 22.6 Å². The highest BCUT2D eigenvalue weighted by molar-refractivity contribution is 5.74. The van der Waals surface area contributed by atoms with Crippen molar-refractivity contribution >= 4 is 5.91 Å². The van der Waals surface area contributed by atoms with Crippen molar-refractivity contribution in [1.29, 1.82) is 0 Å². The van der Waals surface area contributed by atoms with Crippen LogP contribution >= 0.6 is 0 Å². The maximum atomic E-state index is 11.1. The van der Waals surface area contributed by atoms with Gasteiger partial charge in [0.15, 0.2) is 0 Å². The zero-order chi connectivity index (χ0) is 13.8. The van der Waals surface area contributed by atoms with Crippen LogP contribution < -0.4 is 5.73 Å². The molecule has 1 aliphatic rings. The first-order valence-corrected chi connectivity index (χ1v) is 6.66. The molecule has 0 unspecified atom stereocenters. The predicted molar refractivity (Wildman–Crippen MR) is 71.3 cm³/mol. The summed E-state index contributed by atoms with van der Waals surface area (Å²) in [6.45, 7) is 5.53. The van der Waals surface area contributed by atoms with Crippen molar-refractivity contribution in [2.24, 2.45) is 11.7 Å². The Morgan fingerprint density at radius 2 is 2.37 bits per heavy atom. The number of likely N-dealkylation sites (tertiary alicyclic amines) is 1. The van der Waals surface area contributed by atoms with E-state index in [1.54, 1.807) is 7.11 Å². The van der Waals surface area contributed by atoms with Crippen molar-refractivity contribution in [3.05, 3.63) is 18.2 Å². The molecule has 2 atom stereocenters. The molecule has 1 aliphatic heterocycles. The fourth-order valence-electron chi connectivity index (χ4n) is 2.77. The maximum absolute atomic E-state index is 11.1. The van der Waals surface area contributed by atoms with E-state index in [1.165, 1.54) is 5.69 Å². The van der Waals surface area contributed by atoms with Gasteiger partial charge in [-0.15, -0.1) is 0 Å². The standard InChI is InChI=1S/C13H22N4O2/c1-3-17-9-15-5-11(17)7-16-6-10(4-13(14)18)12(8-16)19-2/h5,9-10,12H,3-4,6-8H2,1-2H3,(H2,14,18)/t10-,12+/m1/s1. The minimum Gasteiger partial charge on any atom is -0.380 e. The first kappa shape index (κ1) is 14.0. The quantitative estimate of drug-likeness (QED) is 0.799. The van der Waals surface area contributed by atoms with Gasteiger partial charge in [0.25, 0.3) is 0 Å². The van der Waals surface area contributed by atoms with E-state index in [4.69, 9.17) is 10.5 Å². The summed E-state index contributed by atoms with van der Waals surface area (Å²) in [5, 5.41) is 0. The smallest absolute Gasteiger partial charge is 0.217 e. The summed E-state index contributed by atoms with van der Waals surface area (Å²) in [7, 11) is 1.69. The third-order valence-corrected chi connectivity index (χ3v) is 3.75. The minimum atomic E-state index is -0.257. The van der Waals surface area contributed by atoms with Gasteiger partial charge >= 0.3 is 0 Å². The number of nitrogens with zero attached hydrogens (tertiary/aromatic N) is 3. The van der Waals surface area contributed by atoms with Gasteiger partial charge in [-0.3, -0.25) is 9.69 Å². The average molecular weight is 266 g/mol. The fraction of sp³-hybridized carbons (Fsp3) is 0.692. The summed E-state index contributed by atoms with van der Waals surface area (Å²) in [6.07, 6.45) is 4.22. The van der Waals surface area contributed by atoms with E-state index in [0.717, 1.165) is 26.2 Å². The zero-order valence-corrected chi connectivity index (χ0v) is 11.6. The number of primary amides is 1. The molecule has 2 heterocycles. The summed E-state index contributed by atoms with van der Waals surface area (Å²) < 4.78 is 7.59. The highest BCUT2D eigenvalue weighted by atomic mass is 16.5. The Labute approximate surface area is 113 Å². The molecule has 6 nitrogen and oxygen atoms in total. The van der Waals surface area contributed by atoms with Crippen LogP contribution in [0.3, 0.4) is 0 Å². The molecule has 1 saturated heterocycles. The number of rotatable bonds is 6. The molecule has 0 bridgehead atoms. The second-order valence-corrected chi connectivity index (χ2v) is 5.07. The molecule has 19 heavy (non-hydrogen) atoms. The molecule has 2 rings (SSSR count). The number of hydrogen-bond donors (Lipinski definition) is 1. The summed E-state index contributed by atoms with van der Waals surface area (Å²) >= 11 is 0. The van der Waals surface area contributed by atoms with Crippen molar-refractivity contribution < 1.29 is 9.53 Å². The van der Waals surface area contributed by atoms with Crippen molar-refractivity contribution in [1.82, 2.24) is 14.5 Å². The van der Waals surface area contributed by atoms with Crippen LogP contribution in [0.25, 0.3) is 0 Å². The second kappa shape index (κ2) is 6.16. The molecule has 0 spiro atoms. The van der Waals surface area contributed by atoms with Gasteiger partial charge in [0, 0.05) is 51.8 Å². The van der Waals surface area contributed by atoms with Crippen molar-refractivity contribution in [3.8, 4) is 0 Å². The highest BCUT2D eigenvalue weighted by Gasteiger charge is 2.33. The summed E-state index contributed by atoms with van der Waals surface area (Å²) in [6, 6.07) is 0.